The number of primary amides is 1. The second kappa shape index (κ2) is 9.95. The molecule has 5 rings (SSSR count). The van der Waals surface area contributed by atoms with Crippen LogP contribution in [-0.2, 0) is 30.3 Å². The summed E-state index contributed by atoms with van der Waals surface area (Å²) in [5.74, 6) is -10.4. The van der Waals surface area contributed by atoms with E-state index in [9.17, 15) is 44.4 Å². The van der Waals surface area contributed by atoms with Crippen LogP contribution >= 0.6 is 0 Å². The summed E-state index contributed by atoms with van der Waals surface area (Å²) >= 11 is 0. The second-order valence-electron chi connectivity index (χ2n) is 11.1. The Balaban J connectivity index is 1.68. The predicted octanol–water partition coefficient (Wildman–Crippen LogP) is 2.26. The molecule has 2 aromatic rings. The van der Waals surface area contributed by atoms with E-state index in [0.717, 1.165) is 5.56 Å². The minimum absolute atomic E-state index is 0.0760. The van der Waals surface area contributed by atoms with Crippen molar-refractivity contribution < 1.29 is 49.1 Å². The van der Waals surface area contributed by atoms with Crippen LogP contribution in [0.2, 0.25) is 0 Å². The maximum atomic E-state index is 14.0. The molecule has 11 heteroatoms. The van der Waals surface area contributed by atoms with Crippen LogP contribution in [0.5, 0.6) is 5.75 Å². The van der Waals surface area contributed by atoms with E-state index in [-0.39, 0.29) is 23.5 Å². The number of fused-ring (bicyclic) bond motifs is 3. The van der Waals surface area contributed by atoms with Crippen LogP contribution < -0.4 is 5.73 Å². The normalized spacial score (nSPS) is 26.8. The zero-order chi connectivity index (χ0) is 30.8. The zero-order valence-electron chi connectivity index (χ0n) is 23.0. The van der Waals surface area contributed by atoms with Gasteiger partial charge in [0, 0.05) is 29.4 Å². The number of hydrogen-bond donors (Lipinski definition) is 5. The van der Waals surface area contributed by atoms with Crippen LogP contribution in [-0.4, -0.2) is 61.4 Å². The number of carbonyl (C=O) groups excluding carboxylic acids is 5. The van der Waals surface area contributed by atoms with Gasteiger partial charge in [0.25, 0.3) is 5.91 Å². The van der Waals surface area contributed by atoms with Gasteiger partial charge in [-0.2, -0.15) is 0 Å². The summed E-state index contributed by atoms with van der Waals surface area (Å²) in [5.41, 5.74) is 2.71. The Kier molecular flexibility index (Phi) is 6.81. The lowest BCUT2D eigenvalue weighted by Gasteiger charge is -2.51. The lowest BCUT2D eigenvalue weighted by molar-refractivity contribution is -0.178. The fraction of sp³-hybridized carbons (Fsp3) is 0.323. The third-order valence-electron chi connectivity index (χ3n) is 8.58. The minimum atomic E-state index is -2.96. The van der Waals surface area contributed by atoms with E-state index in [0.29, 0.717) is 16.7 Å². The van der Waals surface area contributed by atoms with Crippen molar-refractivity contribution in [1.29, 1.82) is 0 Å². The van der Waals surface area contributed by atoms with E-state index in [1.54, 1.807) is 38.1 Å². The van der Waals surface area contributed by atoms with Gasteiger partial charge in [-0.25, -0.2) is 0 Å². The molecular formula is C31H29NO10. The molecule has 0 aliphatic heterocycles. The molecule has 42 heavy (non-hydrogen) atoms. The lowest BCUT2D eigenvalue weighted by Crippen LogP contribution is -2.64. The smallest absolute Gasteiger partial charge is 0.310 e. The van der Waals surface area contributed by atoms with Gasteiger partial charge in [0.1, 0.15) is 28.9 Å². The molecule has 3 aliphatic rings. The van der Waals surface area contributed by atoms with Crippen LogP contribution in [0.3, 0.4) is 0 Å². The van der Waals surface area contributed by atoms with Gasteiger partial charge >= 0.3 is 5.97 Å². The number of aryl methyl sites for hydroxylation is 1. The molecule has 0 aromatic heterocycles. The summed E-state index contributed by atoms with van der Waals surface area (Å²) in [7, 11) is 0. The number of phenolic OH excluding ortho intramolecular Hbond substituents is 1. The van der Waals surface area contributed by atoms with E-state index in [4.69, 9.17) is 10.5 Å². The number of ether oxygens (including phenoxy) is 1. The maximum absolute atomic E-state index is 14.0. The van der Waals surface area contributed by atoms with Gasteiger partial charge in [-0.15, -0.1) is 0 Å². The molecule has 0 bridgehead atoms. The topological polar surface area (TPSA) is 202 Å². The van der Waals surface area contributed by atoms with Crippen molar-refractivity contribution in [2.75, 3.05) is 0 Å². The Morgan fingerprint density at radius 1 is 1.10 bits per heavy atom. The number of aromatic hydroxyl groups is 1. The molecule has 3 aliphatic carbocycles. The van der Waals surface area contributed by atoms with Gasteiger partial charge in [0.05, 0.1) is 12.0 Å². The summed E-state index contributed by atoms with van der Waals surface area (Å²) in [6.07, 6.45) is -2.54. The Hall–Kier alpha value is -4.77. The first kappa shape index (κ1) is 28.7. The van der Waals surface area contributed by atoms with Crippen LogP contribution in [0.4, 0.5) is 0 Å². The van der Waals surface area contributed by atoms with Crippen molar-refractivity contribution in [2.24, 2.45) is 17.6 Å². The summed E-state index contributed by atoms with van der Waals surface area (Å²) < 4.78 is 5.90. The van der Waals surface area contributed by atoms with Gasteiger partial charge in [0.2, 0.25) is 5.78 Å². The fourth-order valence-electron chi connectivity index (χ4n) is 6.60. The van der Waals surface area contributed by atoms with E-state index in [1.807, 2.05) is 0 Å². The number of aliphatic hydroxyl groups is 3. The average Bonchev–Trinajstić information content (AvgIpc) is 2.91. The van der Waals surface area contributed by atoms with Crippen molar-refractivity contribution in [2.45, 2.75) is 51.2 Å². The molecule has 0 saturated heterocycles. The standard InChI is InChI=1S/C31H29NO10/c1-12-7-8-15(17(9-12)14(3)33)10-21(36)42-27-18-11-20(35)24(30(32)40)28(38)31(18,41)29(39)25-22(27)13(2)16-5-4-6-19(34)23(16)26(25)37/h4-9,13,18,22,27,34,37-38,41H,10-11H2,1-3H3,(H2,32,40). The SMILES string of the molecule is CC(=O)c1cc(C)ccc1CC(=O)OC1C2C(=C(O)c3c(O)cccc3C2C)C(=O)C2(O)C(O)=C(C(N)=O)C(=O)CC12. The second-order valence-corrected chi connectivity index (χ2v) is 11.1. The number of hydrogen-bond acceptors (Lipinski definition) is 10. The Morgan fingerprint density at radius 2 is 1.79 bits per heavy atom. The van der Waals surface area contributed by atoms with Gasteiger partial charge in [-0.05, 0) is 43.0 Å². The van der Waals surface area contributed by atoms with Gasteiger partial charge in [0.15, 0.2) is 17.2 Å². The molecule has 1 saturated carbocycles. The number of ketones is 3. The molecule has 0 heterocycles. The van der Waals surface area contributed by atoms with Gasteiger partial charge < -0.3 is 30.9 Å². The van der Waals surface area contributed by atoms with Crippen LogP contribution in [0.15, 0.2) is 53.3 Å². The molecule has 1 amide bonds. The minimum Gasteiger partial charge on any atom is -0.508 e. The summed E-state index contributed by atoms with van der Waals surface area (Å²) in [6, 6.07) is 9.38. The number of benzene rings is 2. The summed E-state index contributed by atoms with van der Waals surface area (Å²) in [4.78, 5) is 64.6. The van der Waals surface area contributed by atoms with E-state index >= 15 is 0 Å². The number of rotatable bonds is 5. The summed E-state index contributed by atoms with van der Waals surface area (Å²) in [5, 5.41) is 44.6. The Morgan fingerprint density at radius 3 is 2.43 bits per heavy atom. The number of amides is 1. The molecule has 11 nitrogen and oxygen atoms in total. The first-order valence-corrected chi connectivity index (χ1v) is 13.3. The molecule has 5 unspecified atom stereocenters. The van der Waals surface area contributed by atoms with Crippen molar-refractivity contribution in [3.05, 3.63) is 81.1 Å². The van der Waals surface area contributed by atoms with Crippen molar-refractivity contribution >= 4 is 35.0 Å². The number of carbonyl (C=O) groups is 5. The Labute approximate surface area is 239 Å². The average molecular weight is 576 g/mol. The number of aliphatic hydroxyl groups excluding tert-OH is 2. The van der Waals surface area contributed by atoms with E-state index in [2.05, 4.69) is 0 Å². The highest BCUT2D eigenvalue weighted by molar-refractivity contribution is 6.23. The highest BCUT2D eigenvalue weighted by Crippen LogP contribution is 2.56. The molecule has 5 atom stereocenters. The number of Topliss-reactive ketones (excluding diaryl/α,β-unsaturated/α-hetero) is 3. The molecule has 0 radical (unpaired) electrons. The highest BCUT2D eigenvalue weighted by Gasteiger charge is 2.66. The first-order chi connectivity index (χ1) is 19.7. The fourth-order valence-corrected chi connectivity index (χ4v) is 6.60. The molecule has 2 aromatic carbocycles. The van der Waals surface area contributed by atoms with E-state index in [1.165, 1.54) is 19.1 Å². The van der Waals surface area contributed by atoms with E-state index < -0.39 is 82.0 Å². The molecular weight excluding hydrogens is 546 g/mol. The number of esters is 1. The molecule has 1 fully saturated rings. The van der Waals surface area contributed by atoms with Crippen molar-refractivity contribution in [3.8, 4) is 5.75 Å². The first-order valence-electron chi connectivity index (χ1n) is 13.3. The van der Waals surface area contributed by atoms with Crippen molar-refractivity contribution in [1.82, 2.24) is 0 Å². The molecule has 6 N–H and O–H groups in total. The lowest BCUT2D eigenvalue weighted by atomic mass is 9.55. The molecule has 0 spiro atoms. The monoisotopic (exact) mass is 575 g/mol. The number of nitrogens with two attached hydrogens (primary N) is 1. The summed E-state index contributed by atoms with van der Waals surface area (Å²) in [6.45, 7) is 4.80. The highest BCUT2D eigenvalue weighted by atomic mass is 16.5. The van der Waals surface area contributed by atoms with Crippen LogP contribution in [0.25, 0.3) is 5.76 Å². The van der Waals surface area contributed by atoms with Crippen molar-refractivity contribution in [3.63, 3.8) is 0 Å². The van der Waals surface area contributed by atoms with Crippen LogP contribution in [0, 0.1) is 18.8 Å². The zero-order valence-corrected chi connectivity index (χ0v) is 23.0. The third kappa shape index (κ3) is 4.11. The third-order valence-corrected chi connectivity index (χ3v) is 8.58. The maximum Gasteiger partial charge on any atom is 0.310 e. The number of phenols is 1. The molecule has 218 valence electrons. The Bertz CT molecular complexity index is 1670. The quantitative estimate of drug-likeness (QED) is 0.200. The van der Waals surface area contributed by atoms with Crippen LogP contribution in [0.1, 0.15) is 58.8 Å². The van der Waals surface area contributed by atoms with Gasteiger partial charge in [-0.1, -0.05) is 36.8 Å². The van der Waals surface area contributed by atoms with Gasteiger partial charge in [-0.3, -0.25) is 24.0 Å². The predicted molar refractivity (Wildman–Crippen MR) is 146 cm³/mol. The largest absolute Gasteiger partial charge is 0.508 e.